The Kier molecular flexibility index (Phi) is 6.17. The molecule has 0 aliphatic carbocycles. The Morgan fingerprint density at radius 3 is 2.58 bits per heavy atom. The molecule has 1 aliphatic heterocycles. The predicted molar refractivity (Wildman–Crippen MR) is 86.8 cm³/mol. The first-order chi connectivity index (χ1) is 11.5. The number of esters is 1. The summed E-state index contributed by atoms with van der Waals surface area (Å²) in [5, 5.41) is 2.53. The SMILES string of the molecule is CCCCOc1ccc(C(=O)OC(C)C(=O)N2CCNC2=O)cc1. The maximum atomic E-state index is 12.1. The van der Waals surface area contributed by atoms with Gasteiger partial charge in [0.25, 0.3) is 5.91 Å². The maximum absolute atomic E-state index is 12.1. The minimum absolute atomic E-state index is 0.281. The van der Waals surface area contributed by atoms with Crippen LogP contribution in [0.1, 0.15) is 37.0 Å². The second kappa shape index (κ2) is 8.33. The van der Waals surface area contributed by atoms with Crippen molar-refractivity contribution in [3.05, 3.63) is 29.8 Å². The maximum Gasteiger partial charge on any atom is 0.338 e. The molecule has 1 saturated heterocycles. The molecule has 1 aliphatic rings. The molecule has 1 aromatic rings. The Hall–Kier alpha value is -2.57. The van der Waals surface area contributed by atoms with Gasteiger partial charge < -0.3 is 14.8 Å². The number of carbonyl (C=O) groups is 3. The number of carbonyl (C=O) groups excluding carboxylic acids is 3. The first kappa shape index (κ1) is 17.8. The lowest BCUT2D eigenvalue weighted by Crippen LogP contribution is -2.41. The zero-order chi connectivity index (χ0) is 17.5. The van der Waals surface area contributed by atoms with Crippen LogP contribution in [0, 0.1) is 0 Å². The number of nitrogens with one attached hydrogen (secondary N) is 1. The average molecular weight is 334 g/mol. The first-order valence-corrected chi connectivity index (χ1v) is 8.06. The highest BCUT2D eigenvalue weighted by Crippen LogP contribution is 2.14. The molecule has 1 heterocycles. The van der Waals surface area contributed by atoms with Crippen LogP contribution >= 0.6 is 0 Å². The highest BCUT2D eigenvalue weighted by atomic mass is 16.5. The average Bonchev–Trinajstić information content (AvgIpc) is 3.01. The summed E-state index contributed by atoms with van der Waals surface area (Å²) in [6, 6.07) is 6.09. The van der Waals surface area contributed by atoms with Gasteiger partial charge in [0.15, 0.2) is 6.10 Å². The number of unbranched alkanes of at least 4 members (excludes halogenated alkanes) is 1. The lowest BCUT2D eigenvalue weighted by Gasteiger charge is -2.18. The number of ether oxygens (including phenoxy) is 2. The van der Waals surface area contributed by atoms with Crippen LogP contribution in [0.2, 0.25) is 0 Å². The smallest absolute Gasteiger partial charge is 0.338 e. The molecule has 7 nitrogen and oxygen atoms in total. The summed E-state index contributed by atoms with van der Waals surface area (Å²) < 4.78 is 10.7. The summed E-state index contributed by atoms with van der Waals surface area (Å²) in [7, 11) is 0. The highest BCUT2D eigenvalue weighted by molar-refractivity contribution is 5.99. The van der Waals surface area contributed by atoms with Gasteiger partial charge in [-0.1, -0.05) is 13.3 Å². The summed E-state index contributed by atoms with van der Waals surface area (Å²) in [6.07, 6.45) is 0.987. The molecule has 0 saturated carbocycles. The van der Waals surface area contributed by atoms with Crippen LogP contribution in [0.3, 0.4) is 0 Å². The number of urea groups is 1. The van der Waals surface area contributed by atoms with Crippen LogP contribution in [-0.4, -0.2) is 48.6 Å². The second-order valence-corrected chi connectivity index (χ2v) is 5.50. The number of hydrogen-bond acceptors (Lipinski definition) is 5. The van der Waals surface area contributed by atoms with Crippen LogP contribution in [0.15, 0.2) is 24.3 Å². The number of rotatable bonds is 7. The van der Waals surface area contributed by atoms with Crippen molar-refractivity contribution in [2.45, 2.75) is 32.8 Å². The van der Waals surface area contributed by atoms with Crippen molar-refractivity contribution in [2.75, 3.05) is 19.7 Å². The van der Waals surface area contributed by atoms with Gasteiger partial charge in [0, 0.05) is 13.1 Å². The van der Waals surface area contributed by atoms with Crippen molar-refractivity contribution < 1.29 is 23.9 Å². The van der Waals surface area contributed by atoms with Gasteiger partial charge in [0.05, 0.1) is 12.2 Å². The Morgan fingerprint density at radius 1 is 1.29 bits per heavy atom. The van der Waals surface area contributed by atoms with Crippen LogP contribution in [0.5, 0.6) is 5.75 Å². The lowest BCUT2D eigenvalue weighted by atomic mass is 10.2. The molecule has 0 bridgehead atoms. The van der Waals surface area contributed by atoms with E-state index in [0.29, 0.717) is 24.5 Å². The first-order valence-electron chi connectivity index (χ1n) is 8.06. The van der Waals surface area contributed by atoms with Crippen molar-refractivity contribution in [1.82, 2.24) is 10.2 Å². The summed E-state index contributed by atoms with van der Waals surface area (Å²) in [5.74, 6) is -0.466. The summed E-state index contributed by atoms with van der Waals surface area (Å²) >= 11 is 0. The highest BCUT2D eigenvalue weighted by Gasteiger charge is 2.31. The van der Waals surface area contributed by atoms with Gasteiger partial charge in [-0.25, -0.2) is 9.59 Å². The molecule has 1 N–H and O–H groups in total. The number of nitrogens with zero attached hydrogens (tertiary/aromatic N) is 1. The molecule has 1 unspecified atom stereocenters. The van der Waals surface area contributed by atoms with Gasteiger partial charge in [-0.3, -0.25) is 9.69 Å². The fourth-order valence-electron chi connectivity index (χ4n) is 2.20. The molecule has 0 radical (unpaired) electrons. The summed E-state index contributed by atoms with van der Waals surface area (Å²) in [5.41, 5.74) is 0.323. The molecule has 24 heavy (non-hydrogen) atoms. The van der Waals surface area contributed by atoms with E-state index < -0.39 is 24.0 Å². The molecular formula is C17H22N2O5. The summed E-state index contributed by atoms with van der Waals surface area (Å²) in [6.45, 7) is 4.85. The molecule has 130 valence electrons. The zero-order valence-electron chi connectivity index (χ0n) is 13.9. The molecule has 1 atom stereocenters. The largest absolute Gasteiger partial charge is 0.494 e. The third-order valence-corrected chi connectivity index (χ3v) is 3.61. The van der Waals surface area contributed by atoms with E-state index in [-0.39, 0.29) is 6.54 Å². The third-order valence-electron chi connectivity index (χ3n) is 3.61. The Bertz CT molecular complexity index is 600. The van der Waals surface area contributed by atoms with E-state index in [1.54, 1.807) is 24.3 Å². The molecule has 3 amide bonds. The van der Waals surface area contributed by atoms with Crippen LogP contribution in [0.4, 0.5) is 4.79 Å². The van der Waals surface area contributed by atoms with Crippen LogP contribution < -0.4 is 10.1 Å². The van der Waals surface area contributed by atoms with Crippen molar-refractivity contribution in [3.63, 3.8) is 0 Å². The molecule has 0 aromatic heterocycles. The quantitative estimate of drug-likeness (QED) is 0.609. The lowest BCUT2D eigenvalue weighted by molar-refractivity contribution is -0.136. The van der Waals surface area contributed by atoms with Gasteiger partial charge in [-0.2, -0.15) is 0 Å². The van der Waals surface area contributed by atoms with E-state index >= 15 is 0 Å². The molecule has 2 rings (SSSR count). The number of hydrogen-bond donors (Lipinski definition) is 1. The predicted octanol–water partition coefficient (Wildman–Crippen LogP) is 1.96. The van der Waals surface area contributed by atoms with E-state index in [1.165, 1.54) is 6.92 Å². The van der Waals surface area contributed by atoms with E-state index in [0.717, 1.165) is 17.7 Å². The second-order valence-electron chi connectivity index (χ2n) is 5.50. The van der Waals surface area contributed by atoms with E-state index in [2.05, 4.69) is 12.2 Å². The fraction of sp³-hybridized carbons (Fsp3) is 0.471. The zero-order valence-corrected chi connectivity index (χ0v) is 13.9. The third kappa shape index (κ3) is 4.47. The Morgan fingerprint density at radius 2 is 2.00 bits per heavy atom. The number of benzene rings is 1. The van der Waals surface area contributed by atoms with E-state index in [1.807, 2.05) is 0 Å². The monoisotopic (exact) mass is 334 g/mol. The van der Waals surface area contributed by atoms with Gasteiger partial charge in [-0.05, 0) is 37.6 Å². The minimum atomic E-state index is -1.03. The Labute approximate surface area is 140 Å². The molecule has 1 fully saturated rings. The topological polar surface area (TPSA) is 84.9 Å². The van der Waals surface area contributed by atoms with E-state index in [9.17, 15) is 14.4 Å². The van der Waals surface area contributed by atoms with Crippen LogP contribution in [0.25, 0.3) is 0 Å². The normalized spacial score (nSPS) is 14.9. The van der Waals surface area contributed by atoms with Gasteiger partial charge >= 0.3 is 12.0 Å². The standard InChI is InChI=1S/C17H22N2O5/c1-3-4-11-23-14-7-5-13(6-8-14)16(21)24-12(2)15(20)19-10-9-18-17(19)22/h5-8,12H,3-4,9-11H2,1-2H3,(H,18,22). The Balaban J connectivity index is 1.89. The molecule has 1 aromatic carbocycles. The van der Waals surface area contributed by atoms with Gasteiger partial charge in [-0.15, -0.1) is 0 Å². The van der Waals surface area contributed by atoms with Crippen molar-refractivity contribution in [2.24, 2.45) is 0 Å². The fourth-order valence-corrected chi connectivity index (χ4v) is 2.20. The summed E-state index contributed by atoms with van der Waals surface area (Å²) in [4.78, 5) is 36.7. The molecular weight excluding hydrogens is 312 g/mol. The van der Waals surface area contributed by atoms with Gasteiger partial charge in [0.1, 0.15) is 5.75 Å². The van der Waals surface area contributed by atoms with Crippen LogP contribution in [-0.2, 0) is 9.53 Å². The molecule has 0 spiro atoms. The number of imide groups is 1. The van der Waals surface area contributed by atoms with Crippen molar-refractivity contribution in [3.8, 4) is 5.75 Å². The molecule has 7 heteroatoms. The minimum Gasteiger partial charge on any atom is -0.494 e. The van der Waals surface area contributed by atoms with Crippen molar-refractivity contribution in [1.29, 1.82) is 0 Å². The number of amides is 3. The van der Waals surface area contributed by atoms with E-state index in [4.69, 9.17) is 9.47 Å². The van der Waals surface area contributed by atoms with Crippen molar-refractivity contribution >= 4 is 17.9 Å². The van der Waals surface area contributed by atoms with Gasteiger partial charge in [0.2, 0.25) is 0 Å².